The van der Waals surface area contributed by atoms with Crippen molar-refractivity contribution >= 4 is 44.5 Å². The summed E-state index contributed by atoms with van der Waals surface area (Å²) < 4.78 is 0.896. The molecule has 0 fully saturated rings. The number of nitrogens with one attached hydrogen (secondary N) is 1. The summed E-state index contributed by atoms with van der Waals surface area (Å²) in [5, 5.41) is 7.72. The van der Waals surface area contributed by atoms with Gasteiger partial charge in [0.05, 0.1) is 16.6 Å². The van der Waals surface area contributed by atoms with Crippen LogP contribution in [-0.2, 0) is 0 Å². The van der Waals surface area contributed by atoms with Gasteiger partial charge in [-0.2, -0.15) is 5.10 Å². The van der Waals surface area contributed by atoms with Crippen molar-refractivity contribution in [2.45, 2.75) is 0 Å². The molecule has 3 aromatic rings. The maximum atomic E-state index is 12.5. The zero-order valence-corrected chi connectivity index (χ0v) is 12.2. The number of carbonyl (C=O) groups excluding carboxylic acids is 2. The van der Waals surface area contributed by atoms with Crippen LogP contribution >= 0.6 is 15.9 Å². The number of H-pyrrole nitrogens is 1. The Labute approximate surface area is 127 Å². The molecule has 0 saturated carbocycles. The number of aromatic nitrogens is 2. The van der Waals surface area contributed by atoms with E-state index in [9.17, 15) is 9.59 Å². The number of fused-ring (bicyclic) bond motifs is 2. The third-order valence-electron chi connectivity index (χ3n) is 3.51. The quantitative estimate of drug-likeness (QED) is 0.691. The van der Waals surface area contributed by atoms with E-state index in [1.54, 1.807) is 24.3 Å². The van der Waals surface area contributed by atoms with Crippen molar-refractivity contribution in [2.75, 3.05) is 4.90 Å². The van der Waals surface area contributed by atoms with Gasteiger partial charge in [-0.25, -0.2) is 4.90 Å². The Morgan fingerprint density at radius 1 is 1.00 bits per heavy atom. The van der Waals surface area contributed by atoms with Gasteiger partial charge >= 0.3 is 0 Å². The van der Waals surface area contributed by atoms with Crippen molar-refractivity contribution in [3.8, 4) is 0 Å². The molecule has 21 heavy (non-hydrogen) atoms. The van der Waals surface area contributed by atoms with E-state index in [1.165, 1.54) is 0 Å². The van der Waals surface area contributed by atoms with Crippen molar-refractivity contribution in [3.05, 3.63) is 58.1 Å². The summed E-state index contributed by atoms with van der Waals surface area (Å²) in [7, 11) is 0. The highest BCUT2D eigenvalue weighted by Crippen LogP contribution is 2.32. The van der Waals surface area contributed by atoms with Gasteiger partial charge < -0.3 is 0 Å². The molecule has 2 amide bonds. The van der Waals surface area contributed by atoms with E-state index in [2.05, 4.69) is 26.1 Å². The average molecular weight is 342 g/mol. The lowest BCUT2D eigenvalue weighted by Gasteiger charge is -2.10. The summed E-state index contributed by atoms with van der Waals surface area (Å²) in [4.78, 5) is 26.0. The minimum Gasteiger partial charge on any atom is -0.276 e. The molecule has 5 nitrogen and oxygen atoms in total. The molecule has 0 radical (unpaired) electrons. The Morgan fingerprint density at radius 3 is 2.33 bits per heavy atom. The number of aromatic amines is 1. The smallest absolute Gasteiger partial charge is 0.267 e. The minimum atomic E-state index is -0.341. The Hall–Kier alpha value is -2.47. The standard InChI is InChI=1S/C15H8BrN3O2/c16-8-5-6-11-12(7-8)17-18-13(11)19-14(20)9-3-1-2-4-10(9)15(19)21/h1-7H,(H,17,18). The fourth-order valence-electron chi connectivity index (χ4n) is 2.53. The van der Waals surface area contributed by atoms with E-state index in [-0.39, 0.29) is 11.8 Å². The van der Waals surface area contributed by atoms with Crippen LogP contribution in [0.4, 0.5) is 5.82 Å². The van der Waals surface area contributed by atoms with Crippen molar-refractivity contribution in [1.29, 1.82) is 0 Å². The maximum Gasteiger partial charge on any atom is 0.267 e. The molecule has 2 heterocycles. The van der Waals surface area contributed by atoms with E-state index >= 15 is 0 Å². The van der Waals surface area contributed by atoms with Gasteiger partial charge in [0.2, 0.25) is 0 Å². The van der Waals surface area contributed by atoms with Crippen LogP contribution < -0.4 is 4.90 Å². The van der Waals surface area contributed by atoms with E-state index in [1.807, 2.05) is 18.2 Å². The van der Waals surface area contributed by atoms with Crippen molar-refractivity contribution in [1.82, 2.24) is 10.2 Å². The molecule has 0 atom stereocenters. The lowest BCUT2D eigenvalue weighted by atomic mass is 10.1. The fraction of sp³-hybridized carbons (Fsp3) is 0. The number of anilines is 1. The van der Waals surface area contributed by atoms with E-state index in [0.717, 1.165) is 20.3 Å². The second-order valence-electron chi connectivity index (χ2n) is 4.73. The molecular weight excluding hydrogens is 334 g/mol. The molecule has 4 rings (SSSR count). The molecule has 2 aromatic carbocycles. The Morgan fingerprint density at radius 2 is 1.67 bits per heavy atom. The second kappa shape index (κ2) is 4.26. The van der Waals surface area contributed by atoms with Crippen molar-refractivity contribution < 1.29 is 9.59 Å². The Balaban J connectivity index is 1.91. The number of carbonyl (C=O) groups is 2. The minimum absolute atomic E-state index is 0.337. The predicted octanol–water partition coefficient (Wildman–Crippen LogP) is 3.13. The van der Waals surface area contributed by atoms with Gasteiger partial charge in [0.15, 0.2) is 5.82 Å². The SMILES string of the molecule is O=C1c2ccccc2C(=O)N1c1n[nH]c2cc(Br)ccc12. The number of nitrogens with zero attached hydrogens (tertiary/aromatic N) is 2. The van der Waals surface area contributed by atoms with Crippen LogP contribution in [0.5, 0.6) is 0 Å². The lowest BCUT2D eigenvalue weighted by molar-refractivity contribution is 0.0925. The van der Waals surface area contributed by atoms with Gasteiger partial charge in [-0.1, -0.05) is 28.1 Å². The van der Waals surface area contributed by atoms with Gasteiger partial charge in [0.25, 0.3) is 11.8 Å². The number of hydrogen-bond donors (Lipinski definition) is 1. The molecule has 0 spiro atoms. The first-order valence-electron chi connectivity index (χ1n) is 6.28. The molecule has 1 aliphatic heterocycles. The van der Waals surface area contributed by atoms with E-state index in [4.69, 9.17) is 0 Å². The van der Waals surface area contributed by atoms with Crippen LogP contribution in [0, 0.1) is 0 Å². The number of rotatable bonds is 1. The highest BCUT2D eigenvalue weighted by atomic mass is 79.9. The maximum absolute atomic E-state index is 12.5. The first-order chi connectivity index (χ1) is 10.2. The number of amides is 2. The predicted molar refractivity (Wildman–Crippen MR) is 81.4 cm³/mol. The van der Waals surface area contributed by atoms with Crippen LogP contribution in [0.15, 0.2) is 46.9 Å². The highest BCUT2D eigenvalue weighted by Gasteiger charge is 2.38. The van der Waals surface area contributed by atoms with Crippen molar-refractivity contribution in [2.24, 2.45) is 0 Å². The summed E-state index contributed by atoms with van der Waals surface area (Å²) in [5.74, 6) is -0.345. The molecule has 6 heteroatoms. The number of imide groups is 1. The van der Waals surface area contributed by atoms with E-state index in [0.29, 0.717) is 16.9 Å². The topological polar surface area (TPSA) is 66.1 Å². The Kier molecular flexibility index (Phi) is 2.49. The zero-order valence-electron chi connectivity index (χ0n) is 10.6. The van der Waals surface area contributed by atoms with Crippen LogP contribution in [0.2, 0.25) is 0 Å². The number of hydrogen-bond acceptors (Lipinski definition) is 3. The summed E-state index contributed by atoms with van der Waals surface area (Å²) >= 11 is 3.38. The monoisotopic (exact) mass is 341 g/mol. The average Bonchev–Trinajstić information content (AvgIpc) is 2.99. The summed E-state index contributed by atoms with van der Waals surface area (Å²) in [6.07, 6.45) is 0. The lowest BCUT2D eigenvalue weighted by Crippen LogP contribution is -2.29. The second-order valence-corrected chi connectivity index (χ2v) is 5.64. The summed E-state index contributed by atoms with van der Waals surface area (Å²) in [6.45, 7) is 0. The first-order valence-corrected chi connectivity index (χ1v) is 7.07. The van der Waals surface area contributed by atoms with Gasteiger partial charge in [-0.3, -0.25) is 14.7 Å². The van der Waals surface area contributed by atoms with Crippen LogP contribution in [0.3, 0.4) is 0 Å². The molecule has 1 aromatic heterocycles. The first kappa shape index (κ1) is 12.3. The van der Waals surface area contributed by atoms with Crippen molar-refractivity contribution in [3.63, 3.8) is 0 Å². The number of benzene rings is 2. The molecule has 0 unspecified atom stereocenters. The van der Waals surface area contributed by atoms with Gasteiger partial charge in [0, 0.05) is 9.86 Å². The molecule has 0 saturated heterocycles. The molecule has 1 N–H and O–H groups in total. The fourth-order valence-corrected chi connectivity index (χ4v) is 2.89. The van der Waals surface area contributed by atoms with Gasteiger partial charge in [0.1, 0.15) is 0 Å². The normalized spacial score (nSPS) is 14.0. The molecule has 102 valence electrons. The summed E-state index contributed by atoms with van der Waals surface area (Å²) in [5.41, 5.74) is 1.59. The molecule has 0 aliphatic carbocycles. The third kappa shape index (κ3) is 1.66. The third-order valence-corrected chi connectivity index (χ3v) is 4.00. The zero-order chi connectivity index (χ0) is 14.6. The molecule has 1 aliphatic rings. The van der Waals surface area contributed by atoms with Crippen LogP contribution in [0.25, 0.3) is 10.9 Å². The van der Waals surface area contributed by atoms with E-state index < -0.39 is 0 Å². The molecule has 0 bridgehead atoms. The molecular formula is C15H8BrN3O2. The summed E-state index contributed by atoms with van der Waals surface area (Å²) in [6, 6.07) is 12.3. The van der Waals surface area contributed by atoms with Crippen LogP contribution in [0.1, 0.15) is 20.7 Å². The number of halogens is 1. The largest absolute Gasteiger partial charge is 0.276 e. The van der Waals surface area contributed by atoms with Crippen LogP contribution in [-0.4, -0.2) is 22.0 Å². The highest BCUT2D eigenvalue weighted by molar-refractivity contribution is 9.10. The van der Waals surface area contributed by atoms with Gasteiger partial charge in [-0.05, 0) is 30.3 Å². The van der Waals surface area contributed by atoms with Gasteiger partial charge in [-0.15, -0.1) is 0 Å². The Bertz CT molecular complexity index is 881.